The smallest absolute Gasteiger partial charge is 0.122 e. The molecule has 0 unspecified atom stereocenters. The third-order valence-corrected chi connectivity index (χ3v) is 4.10. The van der Waals surface area contributed by atoms with Crippen LogP contribution in [0.2, 0.25) is 0 Å². The Bertz CT molecular complexity index is 399. The molecule has 20 heavy (non-hydrogen) atoms. The molecule has 0 spiro atoms. The van der Waals surface area contributed by atoms with E-state index in [1.807, 2.05) is 6.26 Å². The average Bonchev–Trinajstić information content (AvgIpc) is 2.97. The van der Waals surface area contributed by atoms with Gasteiger partial charge in [-0.25, -0.2) is 0 Å². The lowest BCUT2D eigenvalue weighted by molar-refractivity contribution is 0.268. The molecule has 1 aromatic rings. The van der Waals surface area contributed by atoms with Gasteiger partial charge in [-0.15, -0.1) is 0 Å². The summed E-state index contributed by atoms with van der Waals surface area (Å²) in [5, 5.41) is 3.50. The first-order valence-electron chi connectivity index (χ1n) is 7.93. The SMILES string of the molecule is CN(Cc1ccoc1CNC(C)(C)C)CC1CCCC1. The fourth-order valence-electron chi connectivity index (χ4n) is 3.00. The summed E-state index contributed by atoms with van der Waals surface area (Å²) in [5.74, 6) is 1.99. The molecule has 0 saturated heterocycles. The van der Waals surface area contributed by atoms with Crippen LogP contribution in [0.3, 0.4) is 0 Å². The summed E-state index contributed by atoms with van der Waals surface area (Å²) in [6.45, 7) is 9.57. The summed E-state index contributed by atoms with van der Waals surface area (Å²) in [7, 11) is 2.23. The van der Waals surface area contributed by atoms with Gasteiger partial charge in [0.2, 0.25) is 0 Å². The van der Waals surface area contributed by atoms with Crippen LogP contribution in [0.1, 0.15) is 57.8 Å². The van der Waals surface area contributed by atoms with E-state index in [0.717, 1.165) is 24.8 Å². The van der Waals surface area contributed by atoms with Crippen LogP contribution >= 0.6 is 0 Å². The fourth-order valence-corrected chi connectivity index (χ4v) is 3.00. The minimum absolute atomic E-state index is 0.125. The van der Waals surface area contributed by atoms with Crippen molar-refractivity contribution < 1.29 is 4.42 Å². The van der Waals surface area contributed by atoms with Crippen LogP contribution in [0.5, 0.6) is 0 Å². The topological polar surface area (TPSA) is 28.4 Å². The maximum Gasteiger partial charge on any atom is 0.122 e. The minimum Gasteiger partial charge on any atom is -0.468 e. The lowest BCUT2D eigenvalue weighted by Crippen LogP contribution is -2.35. The van der Waals surface area contributed by atoms with Crippen molar-refractivity contribution in [1.82, 2.24) is 10.2 Å². The molecule has 0 amide bonds. The maximum atomic E-state index is 5.64. The lowest BCUT2D eigenvalue weighted by Gasteiger charge is -2.22. The number of rotatable bonds is 6. The first-order chi connectivity index (χ1) is 9.44. The zero-order chi connectivity index (χ0) is 14.6. The van der Waals surface area contributed by atoms with Crippen molar-refractivity contribution in [2.45, 2.75) is 65.1 Å². The molecule has 2 rings (SSSR count). The molecule has 0 radical (unpaired) electrons. The average molecular weight is 278 g/mol. The number of hydrogen-bond acceptors (Lipinski definition) is 3. The monoisotopic (exact) mass is 278 g/mol. The number of nitrogens with one attached hydrogen (secondary N) is 1. The molecular weight excluding hydrogens is 248 g/mol. The van der Waals surface area contributed by atoms with Crippen LogP contribution in [-0.2, 0) is 13.1 Å². The zero-order valence-electron chi connectivity index (χ0n) is 13.5. The van der Waals surface area contributed by atoms with E-state index in [1.54, 1.807) is 0 Å². The van der Waals surface area contributed by atoms with Crippen molar-refractivity contribution >= 4 is 0 Å². The lowest BCUT2D eigenvalue weighted by atomic mass is 10.1. The Balaban J connectivity index is 1.84. The summed E-state index contributed by atoms with van der Waals surface area (Å²) in [5.41, 5.74) is 1.45. The number of nitrogens with zero attached hydrogens (tertiary/aromatic N) is 1. The van der Waals surface area contributed by atoms with Gasteiger partial charge in [-0.2, -0.15) is 0 Å². The molecule has 0 aromatic carbocycles. The Morgan fingerprint density at radius 3 is 2.65 bits per heavy atom. The van der Waals surface area contributed by atoms with Crippen LogP contribution in [0.25, 0.3) is 0 Å². The van der Waals surface area contributed by atoms with Crippen LogP contribution in [0.15, 0.2) is 16.7 Å². The van der Waals surface area contributed by atoms with Crippen molar-refractivity contribution in [3.63, 3.8) is 0 Å². The predicted molar refractivity (Wildman–Crippen MR) is 83.6 cm³/mol. The Morgan fingerprint density at radius 1 is 1.30 bits per heavy atom. The molecule has 1 N–H and O–H groups in total. The van der Waals surface area contributed by atoms with E-state index in [2.05, 4.69) is 44.1 Å². The van der Waals surface area contributed by atoms with Crippen molar-refractivity contribution in [2.75, 3.05) is 13.6 Å². The molecular formula is C17H30N2O. The summed E-state index contributed by atoms with van der Waals surface area (Å²) in [4.78, 5) is 2.45. The summed E-state index contributed by atoms with van der Waals surface area (Å²) < 4.78 is 5.64. The van der Waals surface area contributed by atoms with E-state index in [9.17, 15) is 0 Å². The molecule has 0 atom stereocenters. The van der Waals surface area contributed by atoms with Gasteiger partial charge in [-0.3, -0.25) is 0 Å². The molecule has 3 heteroatoms. The molecule has 114 valence electrons. The second-order valence-electron chi connectivity index (χ2n) is 7.32. The quantitative estimate of drug-likeness (QED) is 0.858. The van der Waals surface area contributed by atoms with Gasteiger partial charge in [0.25, 0.3) is 0 Å². The van der Waals surface area contributed by atoms with Crippen LogP contribution in [-0.4, -0.2) is 24.0 Å². The van der Waals surface area contributed by atoms with Gasteiger partial charge in [-0.05, 0) is 52.6 Å². The van der Waals surface area contributed by atoms with Crippen LogP contribution in [0, 0.1) is 5.92 Å². The Kier molecular flexibility index (Phi) is 5.28. The highest BCUT2D eigenvalue weighted by Crippen LogP contribution is 2.25. The first kappa shape index (κ1) is 15.6. The third-order valence-electron chi connectivity index (χ3n) is 4.10. The standard InChI is InChI=1S/C17H30N2O/c1-17(2,3)18-11-16-15(9-10-20-16)13-19(4)12-14-7-5-6-8-14/h9-10,14,18H,5-8,11-13H2,1-4H3. The zero-order valence-corrected chi connectivity index (χ0v) is 13.5. The first-order valence-corrected chi connectivity index (χ1v) is 7.93. The second-order valence-corrected chi connectivity index (χ2v) is 7.32. The third kappa shape index (κ3) is 4.95. The molecule has 1 heterocycles. The van der Waals surface area contributed by atoms with E-state index in [0.29, 0.717) is 0 Å². The van der Waals surface area contributed by atoms with Crippen molar-refractivity contribution in [3.05, 3.63) is 23.7 Å². The molecule has 1 aliphatic carbocycles. The Morgan fingerprint density at radius 2 is 2.00 bits per heavy atom. The fraction of sp³-hybridized carbons (Fsp3) is 0.765. The maximum absolute atomic E-state index is 5.64. The van der Waals surface area contributed by atoms with Gasteiger partial charge in [0.05, 0.1) is 12.8 Å². The molecule has 1 aliphatic rings. The highest BCUT2D eigenvalue weighted by atomic mass is 16.3. The molecule has 1 saturated carbocycles. The van der Waals surface area contributed by atoms with E-state index in [1.165, 1.54) is 37.8 Å². The highest BCUT2D eigenvalue weighted by Gasteiger charge is 2.18. The molecule has 0 bridgehead atoms. The number of furan rings is 1. The largest absolute Gasteiger partial charge is 0.468 e. The minimum atomic E-state index is 0.125. The van der Waals surface area contributed by atoms with E-state index in [-0.39, 0.29) is 5.54 Å². The van der Waals surface area contributed by atoms with Gasteiger partial charge in [0.15, 0.2) is 0 Å². The summed E-state index contributed by atoms with van der Waals surface area (Å²) in [6.07, 6.45) is 7.48. The van der Waals surface area contributed by atoms with Gasteiger partial charge >= 0.3 is 0 Å². The summed E-state index contributed by atoms with van der Waals surface area (Å²) in [6, 6.07) is 2.12. The number of hydrogen-bond donors (Lipinski definition) is 1. The van der Waals surface area contributed by atoms with Gasteiger partial charge in [0.1, 0.15) is 5.76 Å². The molecule has 3 nitrogen and oxygen atoms in total. The Hall–Kier alpha value is -0.800. The normalized spacial score (nSPS) is 17.2. The second kappa shape index (κ2) is 6.77. The van der Waals surface area contributed by atoms with Crippen molar-refractivity contribution in [2.24, 2.45) is 5.92 Å². The van der Waals surface area contributed by atoms with E-state index >= 15 is 0 Å². The van der Waals surface area contributed by atoms with Gasteiger partial charge < -0.3 is 14.6 Å². The van der Waals surface area contributed by atoms with Gasteiger partial charge in [0, 0.05) is 24.2 Å². The van der Waals surface area contributed by atoms with Crippen molar-refractivity contribution in [3.8, 4) is 0 Å². The van der Waals surface area contributed by atoms with Crippen molar-refractivity contribution in [1.29, 1.82) is 0 Å². The highest BCUT2D eigenvalue weighted by molar-refractivity contribution is 5.17. The van der Waals surface area contributed by atoms with E-state index < -0.39 is 0 Å². The van der Waals surface area contributed by atoms with Crippen LogP contribution < -0.4 is 5.32 Å². The molecule has 0 aliphatic heterocycles. The predicted octanol–water partition coefficient (Wildman–Crippen LogP) is 3.79. The molecule has 1 fully saturated rings. The van der Waals surface area contributed by atoms with Crippen LogP contribution in [0.4, 0.5) is 0 Å². The Labute approximate surface area is 123 Å². The van der Waals surface area contributed by atoms with Gasteiger partial charge in [-0.1, -0.05) is 12.8 Å². The molecule has 1 aromatic heterocycles. The summed E-state index contributed by atoms with van der Waals surface area (Å²) >= 11 is 0. The van der Waals surface area contributed by atoms with E-state index in [4.69, 9.17) is 4.42 Å².